The highest BCUT2D eigenvalue weighted by Gasteiger charge is 2.35. The molecule has 0 saturated carbocycles. The topological polar surface area (TPSA) is 78.6 Å². The van der Waals surface area contributed by atoms with Crippen LogP contribution in [0.5, 0.6) is 5.75 Å². The van der Waals surface area contributed by atoms with Crippen LogP contribution >= 0.6 is 0 Å². The Morgan fingerprint density at radius 2 is 2.00 bits per heavy atom. The van der Waals surface area contributed by atoms with Crippen LogP contribution in [0.2, 0.25) is 0 Å². The van der Waals surface area contributed by atoms with Crippen molar-refractivity contribution in [2.75, 3.05) is 25.5 Å². The highest BCUT2D eigenvalue weighted by molar-refractivity contribution is 6.12. The van der Waals surface area contributed by atoms with Crippen molar-refractivity contribution in [2.24, 2.45) is 0 Å². The number of benzene rings is 1. The van der Waals surface area contributed by atoms with E-state index in [9.17, 15) is 14.9 Å². The second-order valence-corrected chi connectivity index (χ2v) is 7.87. The molecule has 0 saturated heterocycles. The van der Waals surface area contributed by atoms with Gasteiger partial charge in [-0.25, -0.2) is 0 Å². The highest BCUT2D eigenvalue weighted by Crippen LogP contribution is 2.34. The maximum atomic E-state index is 13.4. The Balaban J connectivity index is 1.99. The smallest absolute Gasteiger partial charge is 0.269 e. The average molecular weight is 421 g/mol. The first-order valence-corrected chi connectivity index (χ1v) is 10.4. The summed E-state index contributed by atoms with van der Waals surface area (Å²) < 4.78 is 8.02. The van der Waals surface area contributed by atoms with Gasteiger partial charge in [-0.15, -0.1) is 0 Å². The van der Waals surface area contributed by atoms with E-state index in [1.54, 1.807) is 44.4 Å². The summed E-state index contributed by atoms with van der Waals surface area (Å²) in [6.45, 7) is 7.04. The number of fused-ring (bicyclic) bond motifs is 1. The molecule has 1 atom stereocenters. The maximum absolute atomic E-state index is 13.4. The SMILES string of the molecule is CCCn1c(C)cc(/C=C(\C#N)C(=O)N2C[C@H](C(=O)N(C)C)Oc3ccccc32)c1C. The summed E-state index contributed by atoms with van der Waals surface area (Å²) in [4.78, 5) is 28.8. The van der Waals surface area contributed by atoms with Crippen LogP contribution in [0.1, 0.15) is 30.3 Å². The van der Waals surface area contributed by atoms with Crippen LogP contribution in [0, 0.1) is 25.2 Å². The zero-order valence-electron chi connectivity index (χ0n) is 18.7. The molecule has 0 unspecified atom stereocenters. The number of carbonyl (C=O) groups is 2. The molecule has 0 bridgehead atoms. The number of hydrogen-bond acceptors (Lipinski definition) is 4. The molecule has 7 heteroatoms. The summed E-state index contributed by atoms with van der Waals surface area (Å²) in [6.07, 6.45) is 1.80. The summed E-state index contributed by atoms with van der Waals surface area (Å²) >= 11 is 0. The predicted molar refractivity (Wildman–Crippen MR) is 120 cm³/mol. The summed E-state index contributed by atoms with van der Waals surface area (Å²) in [5.74, 6) is -0.242. The number of carbonyl (C=O) groups excluding carboxylic acids is 2. The molecule has 0 fully saturated rings. The Bertz CT molecular complexity index is 1070. The van der Waals surface area contributed by atoms with Gasteiger partial charge >= 0.3 is 0 Å². The van der Waals surface area contributed by atoms with Crippen molar-refractivity contribution >= 4 is 23.6 Å². The predicted octanol–water partition coefficient (Wildman–Crippen LogP) is 3.30. The number of likely N-dealkylation sites (N-methyl/N-ethyl adjacent to an activating group) is 1. The Hall–Kier alpha value is -3.53. The minimum atomic E-state index is -0.830. The lowest BCUT2D eigenvalue weighted by molar-refractivity contribution is -0.136. The second kappa shape index (κ2) is 9.09. The average Bonchev–Trinajstić information content (AvgIpc) is 3.03. The van der Waals surface area contributed by atoms with Crippen molar-refractivity contribution in [1.82, 2.24) is 9.47 Å². The molecular formula is C24H28N4O3. The number of rotatable bonds is 5. The van der Waals surface area contributed by atoms with Crippen LogP contribution in [-0.4, -0.2) is 48.0 Å². The van der Waals surface area contributed by atoms with E-state index in [-0.39, 0.29) is 18.0 Å². The molecule has 2 heterocycles. The van der Waals surface area contributed by atoms with E-state index in [1.165, 1.54) is 9.80 Å². The monoisotopic (exact) mass is 420 g/mol. The van der Waals surface area contributed by atoms with Gasteiger partial charge in [0, 0.05) is 32.0 Å². The lowest BCUT2D eigenvalue weighted by Crippen LogP contribution is -2.50. The standard InChI is InChI=1S/C24H28N4O3/c1-6-11-27-16(2)12-18(17(27)3)13-19(14-25)23(29)28-15-22(24(30)26(4)5)31-21-10-8-7-9-20(21)28/h7-10,12-13,22H,6,11,15H2,1-5H3/b19-13+/t22-/m1/s1. The second-order valence-electron chi connectivity index (χ2n) is 7.87. The van der Waals surface area contributed by atoms with Crippen LogP contribution in [0.4, 0.5) is 5.69 Å². The number of nitrogens with zero attached hydrogens (tertiary/aromatic N) is 4. The quantitative estimate of drug-likeness (QED) is 0.549. The van der Waals surface area contributed by atoms with Crippen molar-refractivity contribution < 1.29 is 14.3 Å². The third-order valence-electron chi connectivity index (χ3n) is 5.45. The first-order valence-electron chi connectivity index (χ1n) is 10.4. The number of nitriles is 1. The fraction of sp³-hybridized carbons (Fsp3) is 0.375. The fourth-order valence-electron chi connectivity index (χ4n) is 3.83. The van der Waals surface area contributed by atoms with E-state index in [4.69, 9.17) is 4.74 Å². The number of aromatic nitrogens is 1. The molecule has 2 aromatic rings. The van der Waals surface area contributed by atoms with Gasteiger partial charge < -0.3 is 14.2 Å². The van der Waals surface area contributed by atoms with Gasteiger partial charge in [0.25, 0.3) is 11.8 Å². The molecule has 1 aliphatic heterocycles. The van der Waals surface area contributed by atoms with E-state index < -0.39 is 12.0 Å². The molecule has 1 aromatic carbocycles. The van der Waals surface area contributed by atoms with Crippen LogP contribution in [-0.2, 0) is 16.1 Å². The first-order chi connectivity index (χ1) is 14.8. The number of amides is 2. The zero-order valence-corrected chi connectivity index (χ0v) is 18.7. The zero-order chi connectivity index (χ0) is 22.7. The highest BCUT2D eigenvalue weighted by atomic mass is 16.5. The third kappa shape index (κ3) is 4.33. The fourth-order valence-corrected chi connectivity index (χ4v) is 3.83. The number of hydrogen-bond donors (Lipinski definition) is 0. The molecule has 0 spiro atoms. The summed E-state index contributed by atoms with van der Waals surface area (Å²) in [6, 6.07) is 11.1. The summed E-state index contributed by atoms with van der Waals surface area (Å²) in [7, 11) is 3.29. The molecule has 0 aliphatic carbocycles. The van der Waals surface area contributed by atoms with Crippen molar-refractivity contribution in [3.63, 3.8) is 0 Å². The van der Waals surface area contributed by atoms with Crippen molar-refractivity contribution in [2.45, 2.75) is 39.8 Å². The van der Waals surface area contributed by atoms with E-state index in [0.717, 1.165) is 29.9 Å². The summed E-state index contributed by atoms with van der Waals surface area (Å²) in [5, 5.41) is 9.79. The molecule has 0 radical (unpaired) electrons. The van der Waals surface area contributed by atoms with Gasteiger partial charge in [0.2, 0.25) is 0 Å². The Morgan fingerprint density at radius 1 is 1.29 bits per heavy atom. The minimum Gasteiger partial charge on any atom is -0.476 e. The first kappa shape index (κ1) is 22.2. The molecule has 1 aromatic heterocycles. The number of ether oxygens (including phenoxy) is 1. The Morgan fingerprint density at radius 3 is 2.65 bits per heavy atom. The number of aryl methyl sites for hydroxylation is 1. The van der Waals surface area contributed by atoms with Crippen LogP contribution < -0.4 is 9.64 Å². The molecule has 0 N–H and O–H groups in total. The van der Waals surface area contributed by atoms with Crippen LogP contribution in [0.3, 0.4) is 0 Å². The third-order valence-corrected chi connectivity index (χ3v) is 5.45. The molecule has 162 valence electrons. The van der Waals surface area contributed by atoms with Gasteiger partial charge in [-0.1, -0.05) is 19.1 Å². The number of para-hydroxylation sites is 2. The van der Waals surface area contributed by atoms with E-state index in [0.29, 0.717) is 11.4 Å². The molecule has 1 aliphatic rings. The molecule has 2 amide bonds. The van der Waals surface area contributed by atoms with Gasteiger partial charge in [0.1, 0.15) is 17.4 Å². The van der Waals surface area contributed by atoms with Gasteiger partial charge in [0.05, 0.1) is 12.2 Å². The van der Waals surface area contributed by atoms with E-state index in [1.807, 2.05) is 19.9 Å². The van der Waals surface area contributed by atoms with Crippen molar-refractivity contribution in [3.8, 4) is 11.8 Å². The lowest BCUT2D eigenvalue weighted by Gasteiger charge is -2.35. The van der Waals surface area contributed by atoms with Crippen molar-refractivity contribution in [1.29, 1.82) is 5.26 Å². The number of anilines is 1. The molecule has 3 rings (SSSR count). The molecular weight excluding hydrogens is 392 g/mol. The molecule has 7 nitrogen and oxygen atoms in total. The Labute approximate surface area is 183 Å². The van der Waals surface area contributed by atoms with Gasteiger partial charge in [-0.05, 0) is 50.1 Å². The van der Waals surface area contributed by atoms with E-state index in [2.05, 4.69) is 17.6 Å². The van der Waals surface area contributed by atoms with Crippen LogP contribution in [0.25, 0.3) is 6.08 Å². The van der Waals surface area contributed by atoms with Gasteiger partial charge in [-0.3, -0.25) is 14.5 Å². The largest absolute Gasteiger partial charge is 0.476 e. The van der Waals surface area contributed by atoms with Gasteiger partial charge in [-0.2, -0.15) is 5.26 Å². The van der Waals surface area contributed by atoms with E-state index >= 15 is 0 Å². The lowest BCUT2D eigenvalue weighted by atomic mass is 10.1. The van der Waals surface area contributed by atoms with Crippen molar-refractivity contribution in [3.05, 3.63) is 52.9 Å². The van der Waals surface area contributed by atoms with Crippen LogP contribution in [0.15, 0.2) is 35.9 Å². The van der Waals surface area contributed by atoms with Gasteiger partial charge in [0.15, 0.2) is 6.10 Å². The minimum absolute atomic E-state index is 0.0181. The Kier molecular flexibility index (Phi) is 6.50. The normalized spacial score (nSPS) is 15.7. The maximum Gasteiger partial charge on any atom is 0.269 e. The summed E-state index contributed by atoms with van der Waals surface area (Å²) in [5.41, 5.74) is 3.52. The molecule has 31 heavy (non-hydrogen) atoms.